The van der Waals surface area contributed by atoms with Crippen LogP contribution in [0.3, 0.4) is 0 Å². The van der Waals surface area contributed by atoms with Crippen LogP contribution in [0.25, 0.3) is 10.2 Å². The largest absolute Gasteiger partial charge is 0.316 e. The normalized spacial score (nSPS) is 12.7. The predicted molar refractivity (Wildman–Crippen MR) is 140 cm³/mol. The molecular weight excluding hydrogens is 490 g/mol. The van der Waals surface area contributed by atoms with Gasteiger partial charge in [0.25, 0.3) is 5.91 Å². The summed E-state index contributed by atoms with van der Waals surface area (Å²) >= 11 is 7.62. The smallest absolute Gasteiger partial charge is 0.279 e. The van der Waals surface area contributed by atoms with Crippen LogP contribution in [-0.4, -0.2) is 36.3 Å². The fraction of sp³-hybridized carbons (Fsp3) is 0.440. The molecule has 0 fully saturated rings. The zero-order valence-electron chi connectivity index (χ0n) is 20.2. The van der Waals surface area contributed by atoms with Crippen LogP contribution in [-0.2, 0) is 16.6 Å². The topological polar surface area (TPSA) is 71.7 Å². The van der Waals surface area contributed by atoms with E-state index in [1.165, 1.54) is 23.5 Å². The van der Waals surface area contributed by atoms with E-state index in [9.17, 15) is 13.2 Å². The van der Waals surface area contributed by atoms with E-state index < -0.39 is 15.9 Å². The highest BCUT2D eigenvalue weighted by Gasteiger charge is 2.23. The number of unbranched alkanes of at least 4 members (excludes halogenated alkanes) is 2. The molecule has 0 saturated heterocycles. The van der Waals surface area contributed by atoms with Crippen LogP contribution in [0.2, 0.25) is 5.02 Å². The Morgan fingerprint density at radius 2 is 1.68 bits per heavy atom. The number of sulfonamides is 1. The summed E-state index contributed by atoms with van der Waals surface area (Å²) in [6, 6.07) is 9.88. The van der Waals surface area contributed by atoms with Gasteiger partial charge in [0.05, 0.1) is 15.1 Å². The van der Waals surface area contributed by atoms with Crippen molar-refractivity contribution in [1.82, 2.24) is 8.87 Å². The third kappa shape index (κ3) is 5.79. The van der Waals surface area contributed by atoms with Gasteiger partial charge >= 0.3 is 0 Å². The Labute approximate surface area is 211 Å². The number of thiazole rings is 1. The quantitative estimate of drug-likeness (QED) is 0.327. The van der Waals surface area contributed by atoms with Gasteiger partial charge in [0.15, 0.2) is 4.80 Å². The van der Waals surface area contributed by atoms with Gasteiger partial charge in [-0.15, -0.1) is 0 Å². The first-order valence-corrected chi connectivity index (χ1v) is 14.3. The van der Waals surface area contributed by atoms with Crippen molar-refractivity contribution >= 4 is 49.1 Å². The van der Waals surface area contributed by atoms with E-state index in [1.54, 1.807) is 16.4 Å². The third-order valence-corrected chi connectivity index (χ3v) is 8.86. The Morgan fingerprint density at radius 3 is 2.24 bits per heavy atom. The second kappa shape index (κ2) is 11.6. The van der Waals surface area contributed by atoms with Crippen LogP contribution in [0.5, 0.6) is 0 Å². The van der Waals surface area contributed by atoms with Gasteiger partial charge in [-0.1, -0.05) is 49.6 Å². The number of halogens is 1. The monoisotopic (exact) mass is 521 g/mol. The van der Waals surface area contributed by atoms with Crippen molar-refractivity contribution in [2.24, 2.45) is 4.99 Å². The van der Waals surface area contributed by atoms with Gasteiger partial charge in [0.1, 0.15) is 0 Å². The molecule has 1 aromatic heterocycles. The Balaban J connectivity index is 1.92. The summed E-state index contributed by atoms with van der Waals surface area (Å²) < 4.78 is 30.9. The van der Waals surface area contributed by atoms with Gasteiger partial charge in [-0.2, -0.15) is 9.30 Å². The van der Waals surface area contributed by atoms with Crippen LogP contribution in [0.4, 0.5) is 0 Å². The Hall–Kier alpha value is -2.00. The fourth-order valence-corrected chi connectivity index (χ4v) is 6.91. The van der Waals surface area contributed by atoms with Crippen molar-refractivity contribution in [2.45, 2.75) is 64.8 Å². The molecule has 0 bridgehead atoms. The van der Waals surface area contributed by atoms with Gasteiger partial charge < -0.3 is 4.57 Å². The number of aromatic nitrogens is 1. The highest BCUT2D eigenvalue weighted by molar-refractivity contribution is 7.89. The van der Waals surface area contributed by atoms with E-state index >= 15 is 0 Å². The van der Waals surface area contributed by atoms with E-state index in [2.05, 4.69) is 4.99 Å². The molecule has 0 aliphatic heterocycles. The Morgan fingerprint density at radius 1 is 1.06 bits per heavy atom. The molecule has 9 heteroatoms. The molecule has 0 radical (unpaired) electrons. The second-order valence-electron chi connectivity index (χ2n) is 8.25. The van der Waals surface area contributed by atoms with Crippen molar-refractivity contribution < 1.29 is 13.2 Å². The maximum atomic E-state index is 13.2. The zero-order valence-corrected chi connectivity index (χ0v) is 22.6. The SMILES string of the molecule is CCCCN(CCCC)S(=O)(=O)c1ccc(C(=O)N=c2sc3cc(Cl)cc(C)c3n2CC)cc1. The molecule has 1 amide bonds. The molecule has 34 heavy (non-hydrogen) atoms. The average molecular weight is 522 g/mol. The Bertz CT molecular complexity index is 1320. The van der Waals surface area contributed by atoms with Crippen molar-refractivity contribution in [3.63, 3.8) is 0 Å². The fourth-order valence-electron chi connectivity index (χ4n) is 3.85. The second-order valence-corrected chi connectivity index (χ2v) is 11.6. The van der Waals surface area contributed by atoms with Crippen molar-refractivity contribution in [2.75, 3.05) is 13.1 Å². The lowest BCUT2D eigenvalue weighted by Gasteiger charge is -2.22. The van der Waals surface area contributed by atoms with Crippen LogP contribution in [0.15, 0.2) is 46.3 Å². The number of fused-ring (bicyclic) bond motifs is 1. The van der Waals surface area contributed by atoms with Gasteiger partial charge in [0, 0.05) is 30.2 Å². The molecule has 0 spiro atoms. The number of benzene rings is 2. The summed E-state index contributed by atoms with van der Waals surface area (Å²) in [5, 5.41) is 0.649. The summed E-state index contributed by atoms with van der Waals surface area (Å²) in [6.07, 6.45) is 3.48. The number of hydrogen-bond acceptors (Lipinski definition) is 4. The number of amides is 1. The third-order valence-electron chi connectivity index (χ3n) is 5.71. The van der Waals surface area contributed by atoms with Crippen molar-refractivity contribution in [1.29, 1.82) is 0 Å². The standard InChI is InChI=1S/C25H32ClN3O3S2/c1-5-8-14-28(15-9-6-2)34(31,32)21-12-10-19(11-13-21)24(30)27-25-29(7-3)23-18(4)16-20(26)17-22(23)33-25/h10-13,16-17H,5-9,14-15H2,1-4H3. The Kier molecular flexibility index (Phi) is 9.09. The van der Waals surface area contributed by atoms with Gasteiger partial charge in [-0.05, 0) is 68.7 Å². The lowest BCUT2D eigenvalue weighted by Crippen LogP contribution is -2.33. The van der Waals surface area contributed by atoms with Gasteiger partial charge in [-0.3, -0.25) is 4.79 Å². The lowest BCUT2D eigenvalue weighted by molar-refractivity contribution is 0.0997. The number of carbonyl (C=O) groups excluding carboxylic acids is 1. The minimum Gasteiger partial charge on any atom is -0.316 e. The van der Waals surface area contributed by atoms with Crippen molar-refractivity contribution in [3.8, 4) is 0 Å². The molecule has 1 heterocycles. The lowest BCUT2D eigenvalue weighted by atomic mass is 10.2. The summed E-state index contributed by atoms with van der Waals surface area (Å²) in [5.41, 5.74) is 2.39. The highest BCUT2D eigenvalue weighted by Crippen LogP contribution is 2.26. The van der Waals surface area contributed by atoms with E-state index in [0.717, 1.165) is 41.5 Å². The molecule has 0 unspecified atom stereocenters. The molecular formula is C25H32ClN3O3S2. The number of aryl methyl sites for hydroxylation is 2. The maximum Gasteiger partial charge on any atom is 0.279 e. The van der Waals surface area contributed by atoms with E-state index in [-0.39, 0.29) is 4.90 Å². The number of nitrogens with zero attached hydrogens (tertiary/aromatic N) is 3. The molecule has 6 nitrogen and oxygen atoms in total. The minimum absolute atomic E-state index is 0.201. The maximum absolute atomic E-state index is 13.2. The molecule has 184 valence electrons. The van der Waals surface area contributed by atoms with Crippen LogP contribution < -0.4 is 4.80 Å². The highest BCUT2D eigenvalue weighted by atomic mass is 35.5. The van der Waals surface area contributed by atoms with Crippen molar-refractivity contribution in [3.05, 3.63) is 57.3 Å². The number of hydrogen-bond donors (Lipinski definition) is 0. The number of rotatable bonds is 10. The molecule has 3 aromatic rings. The molecule has 0 aliphatic carbocycles. The van der Waals surface area contributed by atoms with Crippen LogP contribution >= 0.6 is 22.9 Å². The predicted octanol–water partition coefficient (Wildman–Crippen LogP) is 6.02. The van der Waals surface area contributed by atoms with Gasteiger partial charge in [-0.25, -0.2) is 8.42 Å². The average Bonchev–Trinajstić information content (AvgIpc) is 3.16. The molecule has 0 saturated carbocycles. The summed E-state index contributed by atoms with van der Waals surface area (Å²) in [5.74, 6) is -0.407. The van der Waals surface area contributed by atoms with Crippen LogP contribution in [0.1, 0.15) is 62.4 Å². The van der Waals surface area contributed by atoms with E-state index in [0.29, 0.717) is 35.0 Å². The molecule has 0 aliphatic rings. The first kappa shape index (κ1) is 26.6. The summed E-state index contributed by atoms with van der Waals surface area (Å²) in [4.78, 5) is 18.1. The van der Waals surface area contributed by atoms with Crippen LogP contribution in [0, 0.1) is 6.92 Å². The minimum atomic E-state index is -3.61. The molecule has 2 aromatic carbocycles. The zero-order chi connectivity index (χ0) is 24.9. The van der Waals surface area contributed by atoms with E-state index in [4.69, 9.17) is 11.6 Å². The summed E-state index contributed by atoms with van der Waals surface area (Å²) in [7, 11) is -3.61. The first-order chi connectivity index (χ1) is 16.2. The molecule has 3 rings (SSSR count). The number of carbonyl (C=O) groups is 1. The molecule has 0 atom stereocenters. The molecule has 0 N–H and O–H groups in total. The van der Waals surface area contributed by atoms with Gasteiger partial charge in [0.2, 0.25) is 10.0 Å². The summed E-state index contributed by atoms with van der Waals surface area (Å²) in [6.45, 7) is 9.75. The first-order valence-electron chi connectivity index (χ1n) is 11.7. The van der Waals surface area contributed by atoms with E-state index in [1.807, 2.05) is 44.4 Å².